The van der Waals surface area contributed by atoms with Gasteiger partial charge in [0.2, 0.25) is 5.91 Å². The van der Waals surface area contributed by atoms with E-state index < -0.39 is 5.97 Å². The summed E-state index contributed by atoms with van der Waals surface area (Å²) in [4.78, 5) is 25.8. The molecule has 3 rings (SSSR count). The number of amides is 1. The number of likely N-dealkylation sites (tertiary alicyclic amines) is 1. The molecule has 0 aromatic carbocycles. The van der Waals surface area contributed by atoms with Crippen molar-refractivity contribution < 1.29 is 14.7 Å². The molecule has 1 N–H and O–H groups in total. The van der Waals surface area contributed by atoms with Crippen LogP contribution in [-0.4, -0.2) is 35.0 Å². The highest BCUT2D eigenvalue weighted by molar-refractivity contribution is 5.79. The Morgan fingerprint density at radius 3 is 1.91 bits per heavy atom. The molecular weight excluding hydrogens is 278 g/mol. The number of piperidine rings is 1. The van der Waals surface area contributed by atoms with Crippen molar-refractivity contribution in [3.63, 3.8) is 0 Å². The molecule has 2 aliphatic carbocycles. The molecule has 124 valence electrons. The van der Waals surface area contributed by atoms with Crippen molar-refractivity contribution in [3.05, 3.63) is 0 Å². The number of carboxylic acids is 1. The summed E-state index contributed by atoms with van der Waals surface area (Å²) in [6, 6.07) is 0. The van der Waals surface area contributed by atoms with E-state index in [-0.39, 0.29) is 11.8 Å². The van der Waals surface area contributed by atoms with E-state index in [2.05, 4.69) is 4.90 Å². The second-order valence-corrected chi connectivity index (χ2v) is 7.77. The van der Waals surface area contributed by atoms with Gasteiger partial charge in [-0.05, 0) is 56.8 Å². The molecule has 1 saturated heterocycles. The van der Waals surface area contributed by atoms with E-state index in [9.17, 15) is 9.59 Å². The number of hydrogen-bond donors (Lipinski definition) is 1. The average molecular weight is 307 g/mol. The topological polar surface area (TPSA) is 57.6 Å². The first-order chi connectivity index (χ1) is 10.6. The van der Waals surface area contributed by atoms with Gasteiger partial charge >= 0.3 is 5.97 Å². The molecule has 22 heavy (non-hydrogen) atoms. The first-order valence-corrected chi connectivity index (χ1v) is 9.11. The van der Waals surface area contributed by atoms with Crippen LogP contribution in [0.3, 0.4) is 0 Å². The van der Waals surface area contributed by atoms with Gasteiger partial charge in [-0.2, -0.15) is 0 Å². The van der Waals surface area contributed by atoms with Crippen LogP contribution in [0.1, 0.15) is 70.6 Å². The molecule has 0 bridgehead atoms. The lowest BCUT2D eigenvalue weighted by atomic mass is 9.68. The van der Waals surface area contributed by atoms with Gasteiger partial charge < -0.3 is 10.0 Å². The number of rotatable bonds is 2. The summed E-state index contributed by atoms with van der Waals surface area (Å²) in [6.07, 6.45) is 12.1. The Balaban J connectivity index is 1.49. The van der Waals surface area contributed by atoms with Crippen LogP contribution in [0.2, 0.25) is 0 Å². The molecule has 4 heteroatoms. The molecule has 4 nitrogen and oxygen atoms in total. The van der Waals surface area contributed by atoms with Crippen LogP contribution in [0.25, 0.3) is 0 Å². The van der Waals surface area contributed by atoms with Crippen molar-refractivity contribution in [1.29, 1.82) is 0 Å². The summed E-state index contributed by atoms with van der Waals surface area (Å²) < 4.78 is 0. The molecule has 0 atom stereocenters. The fourth-order valence-electron chi connectivity index (χ4n) is 4.85. The Morgan fingerprint density at radius 1 is 0.818 bits per heavy atom. The number of carboxylic acid groups (broad SMARTS) is 1. The SMILES string of the molecule is O=C(O)C1CCC(C(=O)N2CCC3(CCCCC3)CC2)CC1. The number of hydrogen-bond acceptors (Lipinski definition) is 2. The lowest BCUT2D eigenvalue weighted by Crippen LogP contribution is -2.46. The van der Waals surface area contributed by atoms with Gasteiger partial charge in [-0.15, -0.1) is 0 Å². The number of carbonyl (C=O) groups excluding carboxylic acids is 1. The van der Waals surface area contributed by atoms with Gasteiger partial charge in [-0.1, -0.05) is 19.3 Å². The zero-order valence-corrected chi connectivity index (χ0v) is 13.6. The Morgan fingerprint density at radius 2 is 1.36 bits per heavy atom. The lowest BCUT2D eigenvalue weighted by Gasteiger charge is -2.45. The molecule has 0 aromatic rings. The Kier molecular flexibility index (Phi) is 4.74. The first-order valence-electron chi connectivity index (χ1n) is 9.11. The van der Waals surface area contributed by atoms with Gasteiger partial charge in [-0.25, -0.2) is 0 Å². The van der Waals surface area contributed by atoms with Crippen molar-refractivity contribution in [2.45, 2.75) is 70.6 Å². The molecule has 0 unspecified atom stereocenters. The zero-order chi connectivity index (χ0) is 15.6. The summed E-state index contributed by atoms with van der Waals surface area (Å²) >= 11 is 0. The van der Waals surface area contributed by atoms with E-state index in [1.165, 1.54) is 44.9 Å². The zero-order valence-electron chi connectivity index (χ0n) is 13.6. The molecule has 3 fully saturated rings. The Bertz CT molecular complexity index is 410. The van der Waals surface area contributed by atoms with Crippen LogP contribution in [0.15, 0.2) is 0 Å². The minimum atomic E-state index is -0.692. The largest absolute Gasteiger partial charge is 0.481 e. The van der Waals surface area contributed by atoms with E-state index in [1.807, 2.05) is 0 Å². The van der Waals surface area contributed by atoms with Gasteiger partial charge in [0, 0.05) is 19.0 Å². The van der Waals surface area contributed by atoms with E-state index in [0.29, 0.717) is 24.2 Å². The fraction of sp³-hybridized carbons (Fsp3) is 0.889. The Labute approximate surface area is 133 Å². The molecule has 0 radical (unpaired) electrons. The molecule has 1 spiro atoms. The monoisotopic (exact) mass is 307 g/mol. The fourth-order valence-corrected chi connectivity index (χ4v) is 4.85. The predicted octanol–water partition coefficient (Wildman–Crippen LogP) is 3.45. The maximum absolute atomic E-state index is 12.7. The molecule has 1 heterocycles. The molecule has 2 saturated carbocycles. The number of aliphatic carboxylic acids is 1. The van der Waals surface area contributed by atoms with E-state index in [1.54, 1.807) is 0 Å². The van der Waals surface area contributed by atoms with Crippen LogP contribution in [0.5, 0.6) is 0 Å². The van der Waals surface area contributed by atoms with Crippen molar-refractivity contribution >= 4 is 11.9 Å². The van der Waals surface area contributed by atoms with Crippen molar-refractivity contribution in [1.82, 2.24) is 4.90 Å². The summed E-state index contributed by atoms with van der Waals surface area (Å²) in [5.41, 5.74) is 0.538. The first kappa shape index (κ1) is 15.8. The van der Waals surface area contributed by atoms with Gasteiger partial charge in [0.1, 0.15) is 0 Å². The molecular formula is C18H29NO3. The number of carbonyl (C=O) groups is 2. The molecule has 1 aliphatic heterocycles. The van der Waals surface area contributed by atoms with E-state index in [0.717, 1.165) is 25.9 Å². The van der Waals surface area contributed by atoms with E-state index >= 15 is 0 Å². The average Bonchev–Trinajstić information content (AvgIpc) is 2.56. The normalized spacial score (nSPS) is 31.9. The molecule has 1 amide bonds. The van der Waals surface area contributed by atoms with Crippen LogP contribution in [0, 0.1) is 17.3 Å². The van der Waals surface area contributed by atoms with Crippen molar-refractivity contribution in [2.24, 2.45) is 17.3 Å². The highest BCUT2D eigenvalue weighted by Crippen LogP contribution is 2.45. The van der Waals surface area contributed by atoms with Crippen LogP contribution < -0.4 is 0 Å². The van der Waals surface area contributed by atoms with Gasteiger partial charge in [0.05, 0.1) is 5.92 Å². The van der Waals surface area contributed by atoms with Crippen LogP contribution >= 0.6 is 0 Å². The second-order valence-electron chi connectivity index (χ2n) is 7.77. The highest BCUT2D eigenvalue weighted by atomic mass is 16.4. The lowest BCUT2D eigenvalue weighted by molar-refractivity contribution is -0.146. The van der Waals surface area contributed by atoms with Crippen LogP contribution in [-0.2, 0) is 9.59 Å². The maximum atomic E-state index is 12.7. The number of nitrogens with zero attached hydrogens (tertiary/aromatic N) is 1. The third-order valence-electron chi connectivity index (χ3n) is 6.48. The maximum Gasteiger partial charge on any atom is 0.306 e. The predicted molar refractivity (Wildman–Crippen MR) is 84.4 cm³/mol. The summed E-state index contributed by atoms with van der Waals surface area (Å²) in [7, 11) is 0. The standard InChI is InChI=1S/C18H29NO3/c20-16(14-4-6-15(7-5-14)17(21)22)19-12-10-18(11-13-19)8-2-1-3-9-18/h14-15H,1-13H2,(H,21,22). The van der Waals surface area contributed by atoms with Crippen molar-refractivity contribution in [2.75, 3.05) is 13.1 Å². The van der Waals surface area contributed by atoms with Crippen molar-refractivity contribution in [3.8, 4) is 0 Å². The van der Waals surface area contributed by atoms with E-state index in [4.69, 9.17) is 5.11 Å². The smallest absolute Gasteiger partial charge is 0.306 e. The minimum Gasteiger partial charge on any atom is -0.481 e. The molecule has 3 aliphatic rings. The third kappa shape index (κ3) is 3.31. The Hall–Kier alpha value is -1.06. The summed E-state index contributed by atoms with van der Waals surface area (Å²) in [6.45, 7) is 1.86. The third-order valence-corrected chi connectivity index (χ3v) is 6.48. The minimum absolute atomic E-state index is 0.0796. The van der Waals surface area contributed by atoms with Gasteiger partial charge in [0.15, 0.2) is 0 Å². The quantitative estimate of drug-likeness (QED) is 0.850. The molecule has 0 aromatic heterocycles. The summed E-state index contributed by atoms with van der Waals surface area (Å²) in [5.74, 6) is -0.537. The van der Waals surface area contributed by atoms with Gasteiger partial charge in [-0.3, -0.25) is 9.59 Å². The summed E-state index contributed by atoms with van der Waals surface area (Å²) in [5, 5.41) is 9.06. The van der Waals surface area contributed by atoms with Gasteiger partial charge in [0.25, 0.3) is 0 Å². The second kappa shape index (κ2) is 6.59. The van der Waals surface area contributed by atoms with Crippen LogP contribution in [0.4, 0.5) is 0 Å². The highest BCUT2D eigenvalue weighted by Gasteiger charge is 2.38.